The smallest absolute Gasteiger partial charge is 0.325 e. The maximum Gasteiger partial charge on any atom is 0.325 e. The van der Waals surface area contributed by atoms with E-state index >= 15 is 0 Å². The van der Waals surface area contributed by atoms with Crippen molar-refractivity contribution >= 4 is 29.2 Å². The predicted octanol–water partition coefficient (Wildman–Crippen LogP) is 1.71. The van der Waals surface area contributed by atoms with Crippen molar-refractivity contribution in [3.63, 3.8) is 0 Å². The first-order chi connectivity index (χ1) is 13.1. The van der Waals surface area contributed by atoms with E-state index in [0.29, 0.717) is 17.5 Å². The van der Waals surface area contributed by atoms with Crippen LogP contribution in [0.3, 0.4) is 0 Å². The molecule has 4 rings (SSSR count). The van der Waals surface area contributed by atoms with Crippen LogP contribution < -0.4 is 10.2 Å². The minimum Gasteiger partial charge on any atom is -0.468 e. The molecule has 2 aromatic rings. The zero-order valence-corrected chi connectivity index (χ0v) is 15.8. The van der Waals surface area contributed by atoms with Gasteiger partial charge in [-0.15, -0.1) is 11.3 Å². The summed E-state index contributed by atoms with van der Waals surface area (Å²) in [6, 6.07) is 2.56. The van der Waals surface area contributed by atoms with Crippen molar-refractivity contribution in [1.82, 2.24) is 10.3 Å². The number of hydrogen-bond acceptors (Lipinski definition) is 8. The van der Waals surface area contributed by atoms with Crippen LogP contribution >= 0.6 is 11.3 Å². The van der Waals surface area contributed by atoms with Gasteiger partial charge < -0.3 is 24.1 Å². The van der Waals surface area contributed by atoms with Gasteiger partial charge >= 0.3 is 5.97 Å². The lowest BCUT2D eigenvalue weighted by atomic mass is 9.85. The maximum absolute atomic E-state index is 12.4. The minimum absolute atomic E-state index is 0.134. The van der Waals surface area contributed by atoms with Gasteiger partial charge in [-0.3, -0.25) is 9.59 Å². The van der Waals surface area contributed by atoms with Crippen LogP contribution in [-0.4, -0.2) is 50.2 Å². The summed E-state index contributed by atoms with van der Waals surface area (Å²) in [5.74, 6) is -0.726. The number of piperidine rings is 1. The molecule has 0 atom stereocenters. The summed E-state index contributed by atoms with van der Waals surface area (Å²) in [4.78, 5) is 31.7. The predicted molar refractivity (Wildman–Crippen MR) is 98.0 cm³/mol. The van der Waals surface area contributed by atoms with Crippen LogP contribution in [0.15, 0.2) is 22.9 Å². The Morgan fingerprint density at radius 2 is 2.22 bits per heavy atom. The van der Waals surface area contributed by atoms with E-state index < -0.39 is 5.97 Å². The molecule has 4 heterocycles. The zero-order chi connectivity index (χ0) is 18.9. The fraction of sp³-hybridized carbons (Fsp3) is 0.500. The van der Waals surface area contributed by atoms with E-state index in [4.69, 9.17) is 9.15 Å². The summed E-state index contributed by atoms with van der Waals surface area (Å²) in [6.45, 7) is 2.07. The average Bonchev–Trinajstić information content (AvgIpc) is 3.37. The number of rotatable bonds is 4. The fourth-order valence-corrected chi connectivity index (χ4v) is 4.98. The van der Waals surface area contributed by atoms with Gasteiger partial charge in [0, 0.05) is 18.0 Å². The molecular weight excluding hydrogens is 370 g/mol. The molecule has 2 aliphatic heterocycles. The van der Waals surface area contributed by atoms with Crippen molar-refractivity contribution in [2.24, 2.45) is 0 Å². The van der Waals surface area contributed by atoms with Crippen LogP contribution in [-0.2, 0) is 26.3 Å². The van der Waals surface area contributed by atoms with Crippen molar-refractivity contribution in [3.05, 3.63) is 33.8 Å². The Labute approximate surface area is 160 Å². The lowest BCUT2D eigenvalue weighted by Crippen LogP contribution is -2.46. The topological polar surface area (TPSA) is 93.9 Å². The van der Waals surface area contributed by atoms with E-state index in [9.17, 15) is 9.59 Å². The van der Waals surface area contributed by atoms with Crippen LogP contribution in [0.1, 0.15) is 33.0 Å². The summed E-state index contributed by atoms with van der Waals surface area (Å²) in [5, 5.41) is 2.60. The van der Waals surface area contributed by atoms with Crippen LogP contribution in [0.2, 0.25) is 0 Å². The largest absolute Gasteiger partial charge is 0.468 e. The zero-order valence-electron chi connectivity index (χ0n) is 15.0. The van der Waals surface area contributed by atoms with Crippen molar-refractivity contribution in [2.75, 3.05) is 38.3 Å². The van der Waals surface area contributed by atoms with Gasteiger partial charge in [-0.05, 0) is 30.9 Å². The van der Waals surface area contributed by atoms with Crippen LogP contribution in [0.4, 0.5) is 6.01 Å². The van der Waals surface area contributed by atoms with E-state index in [2.05, 4.69) is 19.9 Å². The van der Waals surface area contributed by atoms with E-state index in [1.54, 1.807) is 12.5 Å². The highest BCUT2D eigenvalue weighted by Crippen LogP contribution is 2.45. The minimum atomic E-state index is -0.469. The molecule has 144 valence electrons. The second-order valence-electron chi connectivity index (χ2n) is 6.62. The third-order valence-corrected chi connectivity index (χ3v) is 6.44. The number of carbonyl (C=O) groups is 2. The van der Waals surface area contributed by atoms with Gasteiger partial charge in [-0.25, -0.2) is 4.98 Å². The van der Waals surface area contributed by atoms with Gasteiger partial charge in [0.05, 0.1) is 24.8 Å². The van der Waals surface area contributed by atoms with Crippen molar-refractivity contribution in [3.8, 4) is 0 Å². The molecule has 27 heavy (non-hydrogen) atoms. The third kappa shape index (κ3) is 3.44. The summed E-state index contributed by atoms with van der Waals surface area (Å²) in [5.41, 5.74) is 0.807. The Morgan fingerprint density at radius 1 is 1.41 bits per heavy atom. The number of anilines is 1. The number of thiophene rings is 1. The summed E-state index contributed by atoms with van der Waals surface area (Å²) in [6.07, 6.45) is 5.64. The van der Waals surface area contributed by atoms with Crippen LogP contribution in [0.5, 0.6) is 0 Å². The van der Waals surface area contributed by atoms with Gasteiger partial charge in [0.2, 0.25) is 0 Å². The van der Waals surface area contributed by atoms with Crippen LogP contribution in [0.25, 0.3) is 0 Å². The highest BCUT2D eigenvalue weighted by atomic mass is 32.1. The number of esters is 1. The first-order valence-corrected chi connectivity index (χ1v) is 9.69. The molecule has 1 saturated heterocycles. The number of amides is 1. The number of oxazole rings is 1. The van der Waals surface area contributed by atoms with Crippen molar-refractivity contribution < 1.29 is 23.5 Å². The highest BCUT2D eigenvalue weighted by molar-refractivity contribution is 7.14. The maximum atomic E-state index is 12.4. The molecule has 2 aromatic heterocycles. The molecule has 0 saturated carbocycles. The fourth-order valence-electron chi connectivity index (χ4n) is 3.65. The highest BCUT2D eigenvalue weighted by Gasteiger charge is 2.43. The molecular formula is C18H21N3O5S. The molecule has 9 heteroatoms. The van der Waals surface area contributed by atoms with Gasteiger partial charge in [-0.1, -0.05) is 0 Å². The van der Waals surface area contributed by atoms with Crippen molar-refractivity contribution in [1.29, 1.82) is 0 Å². The second kappa shape index (κ2) is 7.32. The molecule has 1 N–H and O–H groups in total. The van der Waals surface area contributed by atoms with Crippen LogP contribution in [0, 0.1) is 0 Å². The Balaban J connectivity index is 1.49. The molecule has 1 fully saturated rings. The van der Waals surface area contributed by atoms with E-state index in [0.717, 1.165) is 37.2 Å². The number of hydrogen-bond donors (Lipinski definition) is 1. The number of methoxy groups -OCH3 is 1. The first-order valence-electron chi connectivity index (χ1n) is 8.88. The number of aromatic nitrogens is 1. The second-order valence-corrected chi connectivity index (χ2v) is 7.67. The molecule has 0 unspecified atom stereocenters. The Bertz CT molecular complexity index is 824. The molecule has 0 aromatic carbocycles. The number of carbonyl (C=O) groups excluding carboxylic acids is 2. The first kappa shape index (κ1) is 18.0. The Hall–Kier alpha value is -2.39. The molecule has 1 amide bonds. The number of fused-ring (bicyclic) bond motifs is 2. The molecule has 0 radical (unpaired) electrons. The van der Waals surface area contributed by atoms with E-state index in [1.807, 2.05) is 6.07 Å². The molecule has 2 aliphatic rings. The molecule has 1 spiro atoms. The van der Waals surface area contributed by atoms with Gasteiger partial charge in [0.15, 0.2) is 0 Å². The van der Waals surface area contributed by atoms with E-state index in [-0.39, 0.29) is 18.1 Å². The summed E-state index contributed by atoms with van der Waals surface area (Å²) < 4.78 is 16.2. The van der Waals surface area contributed by atoms with Gasteiger partial charge in [-0.2, -0.15) is 0 Å². The number of nitrogens with zero attached hydrogens (tertiary/aromatic N) is 2. The van der Waals surface area contributed by atoms with Crippen molar-refractivity contribution in [2.45, 2.75) is 24.9 Å². The number of nitrogens with one attached hydrogen (secondary N) is 1. The third-order valence-electron chi connectivity index (χ3n) is 5.08. The normalized spacial score (nSPS) is 18.2. The average molecular weight is 391 g/mol. The molecule has 0 aliphatic carbocycles. The van der Waals surface area contributed by atoms with Gasteiger partial charge in [0.1, 0.15) is 18.4 Å². The standard InChI is InChI=1S/C18H21N3O5S/c1-24-14(22)11-20-16(23)13-10-12-2-8-26-18(15(12)27-13)3-6-21(7-4-18)17-19-5-9-25-17/h5,9-10H,2-4,6-8,11H2,1H3,(H,20,23). The summed E-state index contributed by atoms with van der Waals surface area (Å²) in [7, 11) is 1.30. The SMILES string of the molecule is COC(=O)CNC(=O)c1cc2c(s1)C1(CCN(c3ncco3)CC1)OCC2. The Morgan fingerprint density at radius 3 is 2.93 bits per heavy atom. The lowest BCUT2D eigenvalue weighted by Gasteiger charge is -2.43. The quantitative estimate of drug-likeness (QED) is 0.793. The molecule has 8 nitrogen and oxygen atoms in total. The monoisotopic (exact) mass is 391 g/mol. The molecule has 0 bridgehead atoms. The lowest BCUT2D eigenvalue weighted by molar-refractivity contribution is -0.139. The van der Waals surface area contributed by atoms with E-state index in [1.165, 1.54) is 24.0 Å². The number of ether oxygens (including phenoxy) is 2. The summed E-state index contributed by atoms with van der Waals surface area (Å²) >= 11 is 1.46. The van der Waals surface area contributed by atoms with Gasteiger partial charge in [0.25, 0.3) is 11.9 Å². The Kier molecular flexibility index (Phi) is 4.88.